The molecule has 0 saturated carbocycles. The van der Waals surface area contributed by atoms with E-state index in [9.17, 15) is 0 Å². The van der Waals surface area contributed by atoms with Gasteiger partial charge in [0, 0.05) is 13.0 Å². The second kappa shape index (κ2) is 5.32. The summed E-state index contributed by atoms with van der Waals surface area (Å²) >= 11 is 0. The van der Waals surface area contributed by atoms with Gasteiger partial charge in [0.1, 0.15) is 12.2 Å². The molecule has 0 spiro atoms. The third kappa shape index (κ3) is 2.28. The molecule has 0 atom stereocenters. The predicted molar refractivity (Wildman–Crippen MR) is 57.6 cm³/mol. The Labute approximate surface area is 84.4 Å². The van der Waals surface area contributed by atoms with E-state index in [-0.39, 0.29) is 0 Å². The van der Waals surface area contributed by atoms with E-state index >= 15 is 0 Å². The van der Waals surface area contributed by atoms with Crippen molar-refractivity contribution in [2.45, 2.75) is 27.2 Å². The largest absolute Gasteiger partial charge is 0.267 e. The van der Waals surface area contributed by atoms with E-state index in [0.717, 1.165) is 24.6 Å². The van der Waals surface area contributed by atoms with Crippen LogP contribution in [0.1, 0.15) is 26.6 Å². The van der Waals surface area contributed by atoms with Crippen LogP contribution in [0.4, 0.5) is 0 Å². The summed E-state index contributed by atoms with van der Waals surface area (Å²) in [5.41, 5.74) is 0. The van der Waals surface area contributed by atoms with Gasteiger partial charge in [-0.1, -0.05) is 13.0 Å². The number of aliphatic imine (C=N–C) groups is 1. The lowest BCUT2D eigenvalue weighted by molar-refractivity contribution is 0.837. The second-order valence-electron chi connectivity index (χ2n) is 2.77. The van der Waals surface area contributed by atoms with Crippen molar-refractivity contribution in [2.24, 2.45) is 4.99 Å². The van der Waals surface area contributed by atoms with Gasteiger partial charge in [0.05, 0.1) is 0 Å². The Balaban J connectivity index is 3.04. The lowest BCUT2D eigenvalue weighted by atomic mass is 10.4. The third-order valence-electron chi connectivity index (χ3n) is 1.79. The zero-order valence-electron chi connectivity index (χ0n) is 8.94. The molecule has 0 aliphatic heterocycles. The molecular weight excluding hydrogens is 176 g/mol. The Morgan fingerprint density at radius 2 is 2.36 bits per heavy atom. The normalized spacial score (nSPS) is 12.6. The van der Waals surface area contributed by atoms with Gasteiger partial charge in [-0.05, 0) is 19.9 Å². The van der Waals surface area contributed by atoms with E-state index in [0.29, 0.717) is 0 Å². The third-order valence-corrected chi connectivity index (χ3v) is 1.79. The van der Waals surface area contributed by atoms with Crippen molar-refractivity contribution < 1.29 is 0 Å². The molecule has 4 heteroatoms. The summed E-state index contributed by atoms with van der Waals surface area (Å²) in [5.74, 6) is 1.79. The number of nitrogens with zero attached hydrogens (tertiary/aromatic N) is 4. The number of aryl methyl sites for hydroxylation is 1. The van der Waals surface area contributed by atoms with Crippen molar-refractivity contribution in [3.8, 4) is 0 Å². The van der Waals surface area contributed by atoms with Gasteiger partial charge in [-0.3, -0.25) is 4.99 Å². The molecule has 1 heterocycles. The Hall–Kier alpha value is -1.45. The minimum Gasteiger partial charge on any atom is -0.267 e. The van der Waals surface area contributed by atoms with E-state index in [1.807, 2.05) is 26.0 Å². The van der Waals surface area contributed by atoms with Crippen molar-refractivity contribution in [1.82, 2.24) is 14.8 Å². The summed E-state index contributed by atoms with van der Waals surface area (Å²) in [6, 6.07) is 0. The van der Waals surface area contributed by atoms with Gasteiger partial charge in [-0.25, -0.2) is 4.98 Å². The summed E-state index contributed by atoms with van der Waals surface area (Å²) in [5, 5.41) is 4.15. The highest BCUT2D eigenvalue weighted by Crippen LogP contribution is 1.97. The summed E-state index contributed by atoms with van der Waals surface area (Å²) in [6.45, 7) is 6.78. The van der Waals surface area contributed by atoms with Crippen molar-refractivity contribution in [3.05, 3.63) is 24.3 Å². The highest BCUT2D eigenvalue weighted by atomic mass is 15.4. The zero-order chi connectivity index (χ0) is 10.4. The topological polar surface area (TPSA) is 43.1 Å². The SMILES string of the molecule is C/C=C\C(=NCC)n1ncnc1CC. The lowest BCUT2D eigenvalue weighted by Gasteiger charge is -2.03. The van der Waals surface area contributed by atoms with Gasteiger partial charge in [0.15, 0.2) is 5.84 Å². The van der Waals surface area contributed by atoms with E-state index < -0.39 is 0 Å². The molecule has 1 rings (SSSR count). The molecule has 0 saturated heterocycles. The van der Waals surface area contributed by atoms with Crippen LogP contribution in [0.3, 0.4) is 0 Å². The highest BCUT2D eigenvalue weighted by Gasteiger charge is 2.04. The molecule has 1 aromatic heterocycles. The monoisotopic (exact) mass is 192 g/mol. The summed E-state index contributed by atoms with van der Waals surface area (Å²) in [4.78, 5) is 8.51. The number of rotatable bonds is 3. The van der Waals surface area contributed by atoms with Crippen LogP contribution >= 0.6 is 0 Å². The van der Waals surface area contributed by atoms with Gasteiger partial charge in [-0.2, -0.15) is 9.78 Å². The average Bonchev–Trinajstić information content (AvgIpc) is 2.65. The molecule has 0 amide bonds. The maximum absolute atomic E-state index is 4.36. The molecule has 0 aliphatic rings. The van der Waals surface area contributed by atoms with Crippen molar-refractivity contribution in [1.29, 1.82) is 0 Å². The highest BCUT2D eigenvalue weighted by molar-refractivity contribution is 5.94. The molecular formula is C10H16N4. The zero-order valence-corrected chi connectivity index (χ0v) is 8.94. The first kappa shape index (κ1) is 10.6. The smallest absolute Gasteiger partial charge is 0.150 e. The standard InChI is InChI=1S/C10H16N4/c1-4-7-10(11-6-3)14-9(5-2)12-8-13-14/h4,7-8H,5-6H2,1-3H3/b7-4-,11-10?. The summed E-state index contributed by atoms with van der Waals surface area (Å²) in [7, 11) is 0. The van der Waals surface area contributed by atoms with E-state index in [1.165, 1.54) is 0 Å². The molecule has 0 aliphatic carbocycles. The van der Waals surface area contributed by atoms with Crippen LogP contribution in [-0.2, 0) is 6.42 Å². The first-order chi connectivity index (χ1) is 6.83. The molecule has 0 bridgehead atoms. The molecule has 76 valence electrons. The number of allylic oxidation sites excluding steroid dienone is 2. The van der Waals surface area contributed by atoms with Crippen molar-refractivity contribution >= 4 is 5.84 Å². The lowest BCUT2D eigenvalue weighted by Crippen LogP contribution is -2.14. The maximum Gasteiger partial charge on any atom is 0.150 e. The fourth-order valence-electron chi connectivity index (χ4n) is 1.20. The maximum atomic E-state index is 4.36. The van der Waals surface area contributed by atoms with Gasteiger partial charge in [0.2, 0.25) is 0 Å². The Morgan fingerprint density at radius 3 is 2.93 bits per heavy atom. The first-order valence-corrected chi connectivity index (χ1v) is 4.89. The summed E-state index contributed by atoms with van der Waals surface area (Å²) in [6.07, 6.45) is 6.32. The van der Waals surface area contributed by atoms with Crippen molar-refractivity contribution in [3.63, 3.8) is 0 Å². The minimum atomic E-state index is 0.753. The Kier molecular flexibility index (Phi) is 4.04. The predicted octanol–water partition coefficient (Wildman–Crippen LogP) is 1.68. The van der Waals surface area contributed by atoms with Gasteiger partial charge in [-0.15, -0.1) is 0 Å². The van der Waals surface area contributed by atoms with Gasteiger partial charge < -0.3 is 0 Å². The van der Waals surface area contributed by atoms with Gasteiger partial charge >= 0.3 is 0 Å². The number of hydrogen-bond donors (Lipinski definition) is 0. The van der Waals surface area contributed by atoms with E-state index in [4.69, 9.17) is 0 Å². The molecule has 0 aromatic carbocycles. The van der Waals surface area contributed by atoms with Crippen LogP contribution in [0, 0.1) is 0 Å². The molecule has 14 heavy (non-hydrogen) atoms. The number of aromatic nitrogens is 3. The second-order valence-corrected chi connectivity index (χ2v) is 2.77. The van der Waals surface area contributed by atoms with Gasteiger partial charge in [0.25, 0.3) is 0 Å². The fraction of sp³-hybridized carbons (Fsp3) is 0.500. The molecule has 1 aromatic rings. The van der Waals surface area contributed by atoms with Crippen molar-refractivity contribution in [2.75, 3.05) is 6.54 Å². The van der Waals surface area contributed by atoms with Crippen LogP contribution in [0.15, 0.2) is 23.5 Å². The van der Waals surface area contributed by atoms with Crippen LogP contribution in [0.2, 0.25) is 0 Å². The Bertz CT molecular complexity index is 336. The molecule has 0 N–H and O–H groups in total. The quantitative estimate of drug-likeness (QED) is 0.540. The Morgan fingerprint density at radius 1 is 1.57 bits per heavy atom. The van der Waals surface area contributed by atoms with Crippen LogP contribution in [0.5, 0.6) is 0 Å². The summed E-state index contributed by atoms with van der Waals surface area (Å²) < 4.78 is 1.78. The van der Waals surface area contributed by atoms with Crippen LogP contribution in [-0.4, -0.2) is 27.1 Å². The van der Waals surface area contributed by atoms with Crippen LogP contribution < -0.4 is 0 Å². The first-order valence-electron chi connectivity index (χ1n) is 4.89. The molecule has 4 nitrogen and oxygen atoms in total. The average molecular weight is 192 g/mol. The van der Waals surface area contributed by atoms with Crippen LogP contribution in [0.25, 0.3) is 0 Å². The molecule has 0 unspecified atom stereocenters. The molecule has 0 radical (unpaired) electrons. The van der Waals surface area contributed by atoms with E-state index in [2.05, 4.69) is 22.0 Å². The van der Waals surface area contributed by atoms with E-state index in [1.54, 1.807) is 11.0 Å². The fourth-order valence-corrected chi connectivity index (χ4v) is 1.20. The minimum absolute atomic E-state index is 0.753. The number of hydrogen-bond acceptors (Lipinski definition) is 3. The molecule has 0 fully saturated rings.